The molecular formula is C11H16N4O2. The molecule has 1 amide bonds. The molecule has 0 saturated carbocycles. The van der Waals surface area contributed by atoms with Crippen molar-refractivity contribution in [3.05, 3.63) is 0 Å². The zero-order chi connectivity index (χ0) is 12.7. The van der Waals surface area contributed by atoms with Gasteiger partial charge in [0.25, 0.3) is 0 Å². The average molecular weight is 236 g/mol. The largest absolute Gasteiger partial charge is 0.390 e. The van der Waals surface area contributed by atoms with Crippen LogP contribution < -0.4 is 0 Å². The van der Waals surface area contributed by atoms with E-state index in [0.29, 0.717) is 26.2 Å². The normalized spacial score (nSPS) is 15.7. The molecule has 1 rings (SSSR count). The van der Waals surface area contributed by atoms with Crippen LogP contribution in [0.4, 0.5) is 0 Å². The molecule has 17 heavy (non-hydrogen) atoms. The van der Waals surface area contributed by atoms with Crippen LogP contribution in [-0.4, -0.2) is 59.6 Å². The summed E-state index contributed by atoms with van der Waals surface area (Å²) in [7, 11) is 0. The summed E-state index contributed by atoms with van der Waals surface area (Å²) in [4.78, 5) is 15.2. The molecule has 1 heterocycles. The maximum Gasteiger partial charge on any atom is 0.236 e. The molecule has 6 nitrogen and oxygen atoms in total. The Kier molecular flexibility index (Phi) is 5.41. The molecule has 1 aliphatic rings. The highest BCUT2D eigenvalue weighted by Gasteiger charge is 2.27. The van der Waals surface area contributed by atoms with Crippen LogP contribution in [0.3, 0.4) is 0 Å². The summed E-state index contributed by atoms with van der Waals surface area (Å²) in [5, 5.41) is 26.1. The number of nitriles is 2. The van der Waals surface area contributed by atoms with Gasteiger partial charge in [0, 0.05) is 26.2 Å². The molecule has 0 unspecified atom stereocenters. The lowest BCUT2D eigenvalue weighted by molar-refractivity contribution is -0.135. The van der Waals surface area contributed by atoms with Gasteiger partial charge < -0.3 is 10.0 Å². The SMILES string of the molecule is N#CCCN(CCC#N)C(=O)CN1CC(O)C1. The molecule has 0 spiro atoms. The molecule has 1 fully saturated rings. The molecule has 0 aromatic heterocycles. The maximum atomic E-state index is 11.8. The van der Waals surface area contributed by atoms with E-state index in [1.165, 1.54) is 4.90 Å². The number of β-amino-alcohol motifs (C(OH)–C–C–N with tert-alkyl or cyclic N) is 1. The van der Waals surface area contributed by atoms with Crippen molar-refractivity contribution >= 4 is 5.91 Å². The van der Waals surface area contributed by atoms with E-state index >= 15 is 0 Å². The van der Waals surface area contributed by atoms with Crippen molar-refractivity contribution in [1.82, 2.24) is 9.80 Å². The van der Waals surface area contributed by atoms with E-state index in [4.69, 9.17) is 15.6 Å². The summed E-state index contributed by atoms with van der Waals surface area (Å²) in [6, 6.07) is 3.97. The van der Waals surface area contributed by atoms with Gasteiger partial charge in [-0.05, 0) is 0 Å². The van der Waals surface area contributed by atoms with Crippen molar-refractivity contribution in [2.24, 2.45) is 0 Å². The molecule has 0 aromatic carbocycles. The van der Waals surface area contributed by atoms with Gasteiger partial charge in [-0.2, -0.15) is 10.5 Å². The molecule has 1 saturated heterocycles. The van der Waals surface area contributed by atoms with Crippen molar-refractivity contribution in [3.63, 3.8) is 0 Å². The van der Waals surface area contributed by atoms with Crippen molar-refractivity contribution in [2.45, 2.75) is 18.9 Å². The molecule has 0 aromatic rings. The summed E-state index contributed by atoms with van der Waals surface area (Å²) < 4.78 is 0. The van der Waals surface area contributed by atoms with E-state index in [9.17, 15) is 4.79 Å². The minimum Gasteiger partial charge on any atom is -0.390 e. The zero-order valence-corrected chi connectivity index (χ0v) is 9.67. The van der Waals surface area contributed by atoms with E-state index in [2.05, 4.69) is 0 Å². The molecule has 1 N–H and O–H groups in total. The lowest BCUT2D eigenvalue weighted by Gasteiger charge is -2.36. The average Bonchev–Trinajstić information content (AvgIpc) is 2.27. The van der Waals surface area contributed by atoms with E-state index < -0.39 is 0 Å². The molecule has 0 radical (unpaired) electrons. The van der Waals surface area contributed by atoms with Crippen LogP contribution in [0.2, 0.25) is 0 Å². The van der Waals surface area contributed by atoms with Gasteiger partial charge in [0.15, 0.2) is 0 Å². The summed E-state index contributed by atoms with van der Waals surface area (Å²) in [5.74, 6) is -0.0811. The van der Waals surface area contributed by atoms with E-state index in [1.807, 2.05) is 17.0 Å². The number of aliphatic hydroxyl groups is 1. The van der Waals surface area contributed by atoms with Crippen LogP contribution in [0.1, 0.15) is 12.8 Å². The number of hydrogen-bond donors (Lipinski definition) is 1. The molecule has 92 valence electrons. The van der Waals surface area contributed by atoms with Crippen LogP contribution in [-0.2, 0) is 4.79 Å². The summed E-state index contributed by atoms with van der Waals surface area (Å²) in [6.07, 6.45) is 0.231. The molecule has 0 atom stereocenters. The topological polar surface area (TPSA) is 91.4 Å². The molecule has 1 aliphatic heterocycles. The number of likely N-dealkylation sites (tertiary alicyclic amines) is 1. The van der Waals surface area contributed by atoms with E-state index in [1.54, 1.807) is 0 Å². The predicted molar refractivity (Wildman–Crippen MR) is 59.5 cm³/mol. The fourth-order valence-corrected chi connectivity index (χ4v) is 1.69. The van der Waals surface area contributed by atoms with Crippen LogP contribution in [0.5, 0.6) is 0 Å². The van der Waals surface area contributed by atoms with Crippen molar-refractivity contribution in [3.8, 4) is 12.1 Å². The third-order valence-electron chi connectivity index (χ3n) is 2.64. The number of nitrogens with zero attached hydrogens (tertiary/aromatic N) is 4. The van der Waals surface area contributed by atoms with Gasteiger partial charge in [0.2, 0.25) is 5.91 Å². The Bertz CT molecular complexity index is 320. The van der Waals surface area contributed by atoms with Crippen molar-refractivity contribution in [1.29, 1.82) is 10.5 Å². The lowest BCUT2D eigenvalue weighted by atomic mass is 10.1. The van der Waals surface area contributed by atoms with Crippen LogP contribution in [0.15, 0.2) is 0 Å². The summed E-state index contributed by atoms with van der Waals surface area (Å²) in [5.41, 5.74) is 0. The Hall–Kier alpha value is -1.63. The molecule has 0 bridgehead atoms. The second-order valence-electron chi connectivity index (χ2n) is 4.04. The fourth-order valence-electron chi connectivity index (χ4n) is 1.69. The Morgan fingerprint density at radius 3 is 2.24 bits per heavy atom. The molecule has 6 heteroatoms. The van der Waals surface area contributed by atoms with Crippen molar-refractivity contribution < 1.29 is 9.90 Å². The third-order valence-corrected chi connectivity index (χ3v) is 2.64. The van der Waals surface area contributed by atoms with Crippen LogP contribution in [0, 0.1) is 22.7 Å². The number of hydrogen-bond acceptors (Lipinski definition) is 5. The second-order valence-corrected chi connectivity index (χ2v) is 4.04. The maximum absolute atomic E-state index is 11.8. The van der Waals surface area contributed by atoms with Gasteiger partial charge in [-0.25, -0.2) is 0 Å². The Labute approximate surface area is 101 Å². The first-order valence-corrected chi connectivity index (χ1v) is 5.59. The zero-order valence-electron chi connectivity index (χ0n) is 9.67. The predicted octanol–water partition coefficient (Wildman–Crippen LogP) is -0.681. The summed E-state index contributed by atoms with van der Waals surface area (Å²) in [6.45, 7) is 2.04. The standard InChI is InChI=1S/C11H16N4O2/c12-3-1-5-15(6-2-4-13)11(17)9-14-7-10(16)8-14/h10,16H,1-2,5-9H2. The quantitative estimate of drug-likeness (QED) is 0.659. The minimum absolute atomic E-state index is 0.0811. The fraction of sp³-hybridized carbons (Fsp3) is 0.727. The van der Waals surface area contributed by atoms with Gasteiger partial charge in [0.05, 0.1) is 37.6 Å². The highest BCUT2D eigenvalue weighted by Crippen LogP contribution is 2.07. The highest BCUT2D eigenvalue weighted by atomic mass is 16.3. The van der Waals surface area contributed by atoms with Crippen LogP contribution in [0.25, 0.3) is 0 Å². The highest BCUT2D eigenvalue weighted by molar-refractivity contribution is 5.78. The van der Waals surface area contributed by atoms with Gasteiger partial charge in [-0.15, -0.1) is 0 Å². The van der Waals surface area contributed by atoms with Gasteiger partial charge in [-0.1, -0.05) is 0 Å². The number of rotatable bonds is 6. The van der Waals surface area contributed by atoms with Crippen molar-refractivity contribution in [2.75, 3.05) is 32.7 Å². The molecular weight excluding hydrogens is 220 g/mol. The first-order valence-electron chi connectivity index (χ1n) is 5.59. The smallest absolute Gasteiger partial charge is 0.236 e. The second kappa shape index (κ2) is 6.85. The monoisotopic (exact) mass is 236 g/mol. The van der Waals surface area contributed by atoms with E-state index in [-0.39, 0.29) is 31.4 Å². The van der Waals surface area contributed by atoms with E-state index in [0.717, 1.165) is 0 Å². The minimum atomic E-state index is -0.325. The first kappa shape index (κ1) is 13.4. The molecule has 0 aliphatic carbocycles. The van der Waals surface area contributed by atoms with Gasteiger partial charge in [-0.3, -0.25) is 9.69 Å². The van der Waals surface area contributed by atoms with Crippen LogP contribution >= 0.6 is 0 Å². The number of amides is 1. The number of carbonyl (C=O) groups is 1. The Balaban J connectivity index is 2.36. The van der Waals surface area contributed by atoms with Gasteiger partial charge >= 0.3 is 0 Å². The number of aliphatic hydroxyl groups excluding tert-OH is 1. The Morgan fingerprint density at radius 1 is 1.29 bits per heavy atom. The first-order chi connectivity index (χ1) is 8.17. The summed E-state index contributed by atoms with van der Waals surface area (Å²) >= 11 is 0. The Morgan fingerprint density at radius 2 is 1.82 bits per heavy atom. The third kappa shape index (κ3) is 4.39. The number of carbonyl (C=O) groups excluding carboxylic acids is 1. The lowest BCUT2D eigenvalue weighted by Crippen LogP contribution is -2.54. The van der Waals surface area contributed by atoms with Gasteiger partial charge in [0.1, 0.15) is 0 Å².